The number of hydrogen-bond acceptors (Lipinski definition) is 3. The van der Waals surface area contributed by atoms with Crippen molar-refractivity contribution in [2.24, 2.45) is 0 Å². The number of halogens is 2. The molecule has 0 aliphatic carbocycles. The average Bonchev–Trinajstić information content (AvgIpc) is 2.49. The minimum absolute atomic E-state index is 0.298. The van der Waals surface area contributed by atoms with E-state index in [9.17, 15) is 8.78 Å². The molecule has 0 saturated carbocycles. The summed E-state index contributed by atoms with van der Waals surface area (Å²) in [6.45, 7) is 0.781. The summed E-state index contributed by atoms with van der Waals surface area (Å²) in [5, 5.41) is 3.11. The SMILES string of the molecule is COc1ccc(OC)c(CNCc2ccc(F)cc2F)c1. The molecule has 0 radical (unpaired) electrons. The quantitative estimate of drug-likeness (QED) is 0.886. The molecule has 0 spiro atoms. The van der Waals surface area contributed by atoms with Crippen LogP contribution in [0.15, 0.2) is 36.4 Å². The minimum Gasteiger partial charge on any atom is -0.497 e. The standard InChI is InChI=1S/C16H17F2NO2/c1-20-14-5-6-16(21-2)12(7-14)10-19-9-11-3-4-13(17)8-15(11)18/h3-8,19H,9-10H2,1-2H3. The fraction of sp³-hybridized carbons (Fsp3) is 0.250. The van der Waals surface area contributed by atoms with E-state index in [0.29, 0.717) is 18.7 Å². The van der Waals surface area contributed by atoms with Crippen molar-refractivity contribution in [2.75, 3.05) is 14.2 Å². The molecule has 1 N–H and O–H groups in total. The Morgan fingerprint density at radius 2 is 1.67 bits per heavy atom. The van der Waals surface area contributed by atoms with E-state index in [-0.39, 0.29) is 0 Å². The zero-order valence-corrected chi connectivity index (χ0v) is 12.0. The van der Waals surface area contributed by atoms with Crippen molar-refractivity contribution < 1.29 is 18.3 Å². The van der Waals surface area contributed by atoms with Gasteiger partial charge in [-0.3, -0.25) is 0 Å². The highest BCUT2D eigenvalue weighted by molar-refractivity contribution is 5.40. The molecule has 0 fully saturated rings. The van der Waals surface area contributed by atoms with Crippen molar-refractivity contribution in [3.63, 3.8) is 0 Å². The Labute approximate surface area is 122 Å². The highest BCUT2D eigenvalue weighted by atomic mass is 19.1. The molecule has 2 aromatic carbocycles. The Hall–Kier alpha value is -2.14. The first-order valence-corrected chi connectivity index (χ1v) is 6.49. The lowest BCUT2D eigenvalue weighted by atomic mass is 10.1. The Morgan fingerprint density at radius 1 is 0.905 bits per heavy atom. The molecule has 0 atom stereocenters. The highest BCUT2D eigenvalue weighted by Gasteiger charge is 2.07. The molecule has 3 nitrogen and oxygen atoms in total. The number of nitrogens with one attached hydrogen (secondary N) is 1. The molecule has 112 valence electrons. The summed E-state index contributed by atoms with van der Waals surface area (Å²) in [5.74, 6) is 0.314. The van der Waals surface area contributed by atoms with Crippen LogP contribution in [-0.4, -0.2) is 14.2 Å². The second kappa shape index (κ2) is 7.04. The molecular formula is C16H17F2NO2. The van der Waals surface area contributed by atoms with Crippen LogP contribution in [0.2, 0.25) is 0 Å². The third kappa shape index (κ3) is 3.92. The molecule has 0 aliphatic rings. The van der Waals surface area contributed by atoms with Crippen LogP contribution in [0.3, 0.4) is 0 Å². The fourth-order valence-electron chi connectivity index (χ4n) is 2.02. The van der Waals surface area contributed by atoms with Gasteiger partial charge in [0, 0.05) is 30.3 Å². The zero-order chi connectivity index (χ0) is 15.2. The van der Waals surface area contributed by atoms with Crippen LogP contribution in [0.25, 0.3) is 0 Å². The van der Waals surface area contributed by atoms with Gasteiger partial charge in [0.1, 0.15) is 23.1 Å². The lowest BCUT2D eigenvalue weighted by Gasteiger charge is -2.11. The second-order valence-electron chi connectivity index (χ2n) is 4.52. The van der Waals surface area contributed by atoms with Crippen molar-refractivity contribution >= 4 is 0 Å². The second-order valence-corrected chi connectivity index (χ2v) is 4.52. The molecule has 0 amide bonds. The first kappa shape index (κ1) is 15.3. The Kier molecular flexibility index (Phi) is 5.11. The van der Waals surface area contributed by atoms with Crippen LogP contribution in [-0.2, 0) is 13.1 Å². The summed E-state index contributed by atoms with van der Waals surface area (Å²) in [6, 6.07) is 9.03. The van der Waals surface area contributed by atoms with Crippen LogP contribution < -0.4 is 14.8 Å². The Bertz CT molecular complexity index is 617. The monoisotopic (exact) mass is 293 g/mol. The summed E-state index contributed by atoms with van der Waals surface area (Å²) in [4.78, 5) is 0. The Morgan fingerprint density at radius 3 is 2.33 bits per heavy atom. The van der Waals surface area contributed by atoms with Crippen molar-refractivity contribution in [3.05, 3.63) is 59.2 Å². The molecular weight excluding hydrogens is 276 g/mol. The van der Waals surface area contributed by atoms with Crippen LogP contribution in [0.1, 0.15) is 11.1 Å². The number of methoxy groups -OCH3 is 2. The summed E-state index contributed by atoms with van der Waals surface area (Å²) in [6.07, 6.45) is 0. The fourth-order valence-corrected chi connectivity index (χ4v) is 2.02. The third-order valence-electron chi connectivity index (χ3n) is 3.13. The van der Waals surface area contributed by atoms with Gasteiger partial charge in [-0.25, -0.2) is 8.78 Å². The number of rotatable bonds is 6. The third-order valence-corrected chi connectivity index (χ3v) is 3.13. The predicted molar refractivity (Wildman–Crippen MR) is 76.4 cm³/mol. The largest absolute Gasteiger partial charge is 0.497 e. The van der Waals surface area contributed by atoms with E-state index >= 15 is 0 Å². The van der Waals surface area contributed by atoms with Crippen LogP contribution in [0.5, 0.6) is 11.5 Å². The molecule has 0 saturated heterocycles. The van der Waals surface area contributed by atoms with Gasteiger partial charge in [0.2, 0.25) is 0 Å². The lowest BCUT2D eigenvalue weighted by Crippen LogP contribution is -2.14. The van der Waals surface area contributed by atoms with E-state index in [0.717, 1.165) is 23.1 Å². The predicted octanol–water partition coefficient (Wildman–Crippen LogP) is 3.27. The molecule has 5 heteroatoms. The smallest absolute Gasteiger partial charge is 0.130 e. The Balaban J connectivity index is 2.02. The first-order valence-electron chi connectivity index (χ1n) is 6.49. The average molecular weight is 293 g/mol. The van der Waals surface area contributed by atoms with Crippen LogP contribution in [0.4, 0.5) is 8.78 Å². The molecule has 0 aromatic heterocycles. The van der Waals surface area contributed by atoms with Gasteiger partial charge in [0.25, 0.3) is 0 Å². The minimum atomic E-state index is -0.578. The summed E-state index contributed by atoms with van der Waals surface area (Å²) < 4.78 is 36.8. The van der Waals surface area contributed by atoms with E-state index < -0.39 is 11.6 Å². The maximum absolute atomic E-state index is 13.5. The van der Waals surface area contributed by atoms with E-state index in [1.165, 1.54) is 12.1 Å². The lowest BCUT2D eigenvalue weighted by molar-refractivity contribution is 0.397. The van der Waals surface area contributed by atoms with Gasteiger partial charge in [-0.1, -0.05) is 6.07 Å². The van der Waals surface area contributed by atoms with Crippen molar-refractivity contribution in [1.29, 1.82) is 0 Å². The van der Waals surface area contributed by atoms with E-state index in [1.807, 2.05) is 18.2 Å². The molecule has 0 heterocycles. The van der Waals surface area contributed by atoms with Gasteiger partial charge in [0.05, 0.1) is 14.2 Å². The number of ether oxygens (including phenoxy) is 2. The molecule has 21 heavy (non-hydrogen) atoms. The van der Waals surface area contributed by atoms with Gasteiger partial charge in [-0.2, -0.15) is 0 Å². The molecule has 0 bridgehead atoms. The first-order chi connectivity index (χ1) is 10.1. The molecule has 2 aromatic rings. The highest BCUT2D eigenvalue weighted by Crippen LogP contribution is 2.23. The summed E-state index contributed by atoms with van der Waals surface area (Å²) in [5.41, 5.74) is 1.32. The van der Waals surface area contributed by atoms with Gasteiger partial charge < -0.3 is 14.8 Å². The zero-order valence-electron chi connectivity index (χ0n) is 12.0. The normalized spacial score (nSPS) is 10.5. The number of hydrogen-bond donors (Lipinski definition) is 1. The number of benzene rings is 2. The maximum Gasteiger partial charge on any atom is 0.130 e. The molecule has 0 aliphatic heterocycles. The van der Waals surface area contributed by atoms with Crippen LogP contribution >= 0.6 is 0 Å². The van der Waals surface area contributed by atoms with Gasteiger partial charge >= 0.3 is 0 Å². The van der Waals surface area contributed by atoms with E-state index in [2.05, 4.69) is 5.32 Å². The summed E-state index contributed by atoms with van der Waals surface area (Å²) in [7, 11) is 3.18. The van der Waals surface area contributed by atoms with Gasteiger partial charge in [-0.15, -0.1) is 0 Å². The van der Waals surface area contributed by atoms with E-state index in [4.69, 9.17) is 9.47 Å². The summed E-state index contributed by atoms with van der Waals surface area (Å²) >= 11 is 0. The van der Waals surface area contributed by atoms with Crippen molar-refractivity contribution in [2.45, 2.75) is 13.1 Å². The van der Waals surface area contributed by atoms with Gasteiger partial charge in [-0.05, 0) is 24.3 Å². The topological polar surface area (TPSA) is 30.5 Å². The maximum atomic E-state index is 13.5. The molecule has 2 rings (SSSR count). The van der Waals surface area contributed by atoms with Gasteiger partial charge in [0.15, 0.2) is 0 Å². The van der Waals surface area contributed by atoms with E-state index in [1.54, 1.807) is 14.2 Å². The van der Waals surface area contributed by atoms with Crippen molar-refractivity contribution in [3.8, 4) is 11.5 Å². The molecule has 0 unspecified atom stereocenters. The van der Waals surface area contributed by atoms with Crippen molar-refractivity contribution in [1.82, 2.24) is 5.32 Å². The van der Waals surface area contributed by atoms with Crippen LogP contribution in [0, 0.1) is 11.6 Å².